The number of carboxylic acid groups (broad SMARTS) is 1. The number of unbranched alkanes of at least 4 members (excludes halogenated alkanes) is 1. The predicted octanol–water partition coefficient (Wildman–Crippen LogP) is -9.91. The van der Waals surface area contributed by atoms with Crippen LogP contribution < -0.4 is 120 Å². The van der Waals surface area contributed by atoms with Crippen LogP contribution in [0.3, 0.4) is 0 Å². The number of carboxylic acids is 1. The first-order valence-electron chi connectivity index (χ1n) is 36.2. The van der Waals surface area contributed by atoms with Crippen LogP contribution in [0, 0.1) is 10.8 Å². The molecule has 0 aliphatic rings. The number of aliphatic hydroxyl groups excluding tert-OH is 2. The quantitative estimate of drug-likeness (QED) is 0.0127. The standard InChI is InChI=1S/C68H114N24O19S2/c1-33(93)50(62(107)85-42(20-24-70)56(101)81-40(10-5-6-23-69)55(100)89-48(32-112)61(106)84-44(22-26-72)58(103)91-51(34(2)94)63(108)88-47(65(110)111)30-36-14-18-38(96)19-15-36)90-57(102)43(21-25-71)83-54(99)41(11-8-28-80-67(77)78)82-59(104)46(31-49(74)97)87-64(109)52(68(3,4)113)92-60(105)45(29-35-12-16-37(95)17-13-35)86-53(98)39(73)9-7-27-79-66(75)76/h12-19,33-34,39-48,50-52,93-96,112-113H,5-11,20-32,69-73H2,1-4H3,(H2,74,97)(H,81,101)(H,82,104)(H,83,99)(H,84,106)(H,85,107)(H,86,98)(H,87,109)(H,88,108)(H,89,100)(H,90,102)(H,91,103)(H,92,105)(H,110,111)(H4,75,76,79)(H4,77,78,80)/t33-,34-,39+,40+,41+,42-,43+,44+,45+,46+,47+,48+,50+,51+,52-/m1/s1. The van der Waals surface area contributed by atoms with E-state index in [2.05, 4.69) is 99.7 Å². The molecular formula is C68H114N24O19S2. The number of carbonyl (C=O) groups is 14. The van der Waals surface area contributed by atoms with E-state index in [1.54, 1.807) is 0 Å². The second-order valence-corrected chi connectivity index (χ2v) is 28.6. The van der Waals surface area contributed by atoms with Gasteiger partial charge in [0.2, 0.25) is 76.8 Å². The summed E-state index contributed by atoms with van der Waals surface area (Å²) in [6.07, 6.45) is -5.35. The molecule has 113 heavy (non-hydrogen) atoms. The van der Waals surface area contributed by atoms with Crippen LogP contribution in [-0.2, 0) is 80.0 Å². The van der Waals surface area contributed by atoms with Gasteiger partial charge in [0.15, 0.2) is 11.9 Å². The highest BCUT2D eigenvalue weighted by Gasteiger charge is 2.41. The molecule has 0 heterocycles. The third-order valence-corrected chi connectivity index (χ3v) is 17.7. The zero-order valence-corrected chi connectivity index (χ0v) is 65.2. The Balaban J connectivity index is 2.42. The maximum Gasteiger partial charge on any atom is 0.326 e. The number of aliphatic carboxylic acids is 1. The Hall–Kier alpha value is -10.4. The Morgan fingerprint density at radius 1 is 0.416 bits per heavy atom. The molecule has 0 unspecified atom stereocenters. The highest BCUT2D eigenvalue weighted by atomic mass is 32.1. The Morgan fingerprint density at radius 2 is 0.743 bits per heavy atom. The monoisotopic (exact) mass is 1630 g/mol. The van der Waals surface area contributed by atoms with E-state index in [1.807, 2.05) is 0 Å². The van der Waals surface area contributed by atoms with Crippen molar-refractivity contribution in [2.45, 2.75) is 207 Å². The van der Waals surface area contributed by atoms with Crippen molar-refractivity contribution in [1.82, 2.24) is 74.4 Å². The number of hydrogen-bond donors (Lipinski definition) is 31. The zero-order valence-electron chi connectivity index (χ0n) is 63.4. The van der Waals surface area contributed by atoms with Crippen LogP contribution in [0.5, 0.6) is 11.5 Å². The molecule has 13 amide bonds. The molecule has 0 saturated carbocycles. The minimum atomic E-state index is -1.93. The smallest absolute Gasteiger partial charge is 0.326 e. The summed E-state index contributed by atoms with van der Waals surface area (Å²) in [6.45, 7) is 4.48. The highest BCUT2D eigenvalue weighted by molar-refractivity contribution is 7.81. The van der Waals surface area contributed by atoms with Gasteiger partial charge in [0.1, 0.15) is 84.0 Å². The second kappa shape index (κ2) is 50.5. The highest BCUT2D eigenvalue weighted by Crippen LogP contribution is 2.21. The lowest BCUT2D eigenvalue weighted by molar-refractivity contribution is -0.143. The van der Waals surface area contributed by atoms with Crippen molar-refractivity contribution in [2.24, 2.45) is 45.9 Å². The number of phenolic OH excluding ortho intramolecular Hbond substituents is 2. The summed E-state index contributed by atoms with van der Waals surface area (Å²) >= 11 is 8.77. The fourth-order valence-electron chi connectivity index (χ4n) is 10.8. The summed E-state index contributed by atoms with van der Waals surface area (Å²) < 4.78 is -1.50. The van der Waals surface area contributed by atoms with Crippen molar-refractivity contribution in [1.29, 1.82) is 10.8 Å². The van der Waals surface area contributed by atoms with Crippen molar-refractivity contribution in [2.75, 3.05) is 45.0 Å². The molecule has 2 aromatic carbocycles. The number of primary amides is 1. The predicted molar refractivity (Wildman–Crippen MR) is 419 cm³/mol. The molecule has 0 saturated heterocycles. The van der Waals surface area contributed by atoms with E-state index in [0.29, 0.717) is 24.0 Å². The first-order chi connectivity index (χ1) is 53.1. The van der Waals surface area contributed by atoms with Crippen LogP contribution in [0.1, 0.15) is 109 Å². The van der Waals surface area contributed by atoms with Crippen LogP contribution in [-0.4, -0.2) is 261 Å². The third-order valence-electron chi connectivity index (χ3n) is 17.0. The van der Waals surface area contributed by atoms with Gasteiger partial charge in [0, 0.05) is 36.4 Å². The van der Waals surface area contributed by atoms with Crippen molar-refractivity contribution in [3.8, 4) is 11.5 Å². The Kier molecular flexibility index (Phi) is 44.1. The molecule has 632 valence electrons. The van der Waals surface area contributed by atoms with Crippen LogP contribution in [0.15, 0.2) is 48.5 Å². The molecule has 0 aliphatic carbocycles. The van der Waals surface area contributed by atoms with E-state index in [1.165, 1.54) is 62.4 Å². The van der Waals surface area contributed by atoms with Gasteiger partial charge in [-0.1, -0.05) is 24.3 Å². The van der Waals surface area contributed by atoms with Crippen molar-refractivity contribution < 1.29 is 92.7 Å². The molecule has 2 aromatic rings. The molecule has 45 heteroatoms. The minimum absolute atomic E-state index is 0.0393. The number of benzene rings is 2. The number of nitrogens with one attached hydrogen (secondary N) is 16. The molecule has 0 fully saturated rings. The molecule has 0 aromatic heterocycles. The summed E-state index contributed by atoms with van der Waals surface area (Å²) in [5, 5.41) is 100. The summed E-state index contributed by atoms with van der Waals surface area (Å²) in [5.74, 6) is -16.8. The minimum Gasteiger partial charge on any atom is -0.508 e. The van der Waals surface area contributed by atoms with Gasteiger partial charge in [0.05, 0.1) is 24.7 Å². The average Bonchev–Trinajstić information content (AvgIpc) is 0.809. The van der Waals surface area contributed by atoms with Gasteiger partial charge in [0.25, 0.3) is 0 Å². The lowest BCUT2D eigenvalue weighted by Crippen LogP contribution is -2.63. The third kappa shape index (κ3) is 36.7. The Bertz CT molecular complexity index is 3530. The van der Waals surface area contributed by atoms with E-state index < -0.39 is 196 Å². The number of carbonyl (C=O) groups excluding carboxylic acids is 13. The number of hydrogen-bond acceptors (Lipinski definition) is 27. The number of aromatic hydroxyl groups is 2. The molecule has 15 atom stereocenters. The van der Waals surface area contributed by atoms with Crippen molar-refractivity contribution >= 4 is 120 Å². The lowest BCUT2D eigenvalue weighted by atomic mass is 9.99. The van der Waals surface area contributed by atoms with Gasteiger partial charge >= 0.3 is 5.97 Å². The molecule has 43 nitrogen and oxygen atoms in total. The fourth-order valence-corrected chi connectivity index (χ4v) is 11.3. The maximum atomic E-state index is 14.4. The first-order valence-corrected chi connectivity index (χ1v) is 37.3. The molecule has 0 spiro atoms. The maximum absolute atomic E-state index is 14.4. The van der Waals surface area contributed by atoms with E-state index in [9.17, 15) is 92.7 Å². The zero-order chi connectivity index (χ0) is 85.4. The second-order valence-electron chi connectivity index (χ2n) is 27.1. The normalized spacial score (nSPS) is 15.2. The first kappa shape index (κ1) is 98.7. The van der Waals surface area contributed by atoms with Crippen LogP contribution in [0.25, 0.3) is 0 Å². The van der Waals surface area contributed by atoms with Crippen molar-refractivity contribution in [3.63, 3.8) is 0 Å². The summed E-state index contributed by atoms with van der Waals surface area (Å²) in [6, 6.07) is -9.98. The largest absolute Gasteiger partial charge is 0.508 e. The van der Waals surface area contributed by atoms with Crippen LogP contribution >= 0.6 is 25.3 Å². The molecule has 0 bridgehead atoms. The van der Waals surface area contributed by atoms with E-state index >= 15 is 0 Å². The molecular weight excluding hydrogens is 1520 g/mol. The number of aliphatic hydroxyl groups is 2. The van der Waals surface area contributed by atoms with E-state index in [0.717, 1.165) is 13.8 Å². The number of phenols is 2. The summed E-state index contributed by atoms with van der Waals surface area (Å²) in [4.78, 5) is 194. The topological polar surface area (TPSA) is 764 Å². The molecule has 2 rings (SSSR count). The van der Waals surface area contributed by atoms with Crippen LogP contribution in [0.2, 0.25) is 0 Å². The van der Waals surface area contributed by atoms with Gasteiger partial charge in [-0.3, -0.25) is 73.1 Å². The van der Waals surface area contributed by atoms with Crippen LogP contribution in [0.4, 0.5) is 0 Å². The Labute approximate surface area is 663 Å². The summed E-state index contributed by atoms with van der Waals surface area (Å²) in [5.41, 5.74) is 46.7. The molecule has 0 radical (unpaired) electrons. The van der Waals surface area contributed by atoms with E-state index in [-0.39, 0.29) is 121 Å². The molecule has 37 N–H and O–H groups in total. The fraction of sp³-hybridized carbons (Fsp3) is 0.588. The van der Waals surface area contributed by atoms with Gasteiger partial charge < -0.3 is 146 Å². The number of guanidine groups is 2. The number of thiol groups is 2. The number of amides is 13. The average molecular weight is 1640 g/mol. The van der Waals surface area contributed by atoms with Gasteiger partial charge in [-0.2, -0.15) is 25.3 Å². The van der Waals surface area contributed by atoms with Gasteiger partial charge in [-0.25, -0.2) is 4.79 Å². The summed E-state index contributed by atoms with van der Waals surface area (Å²) in [7, 11) is 0. The molecule has 0 aliphatic heterocycles. The SMILES string of the molecule is C[C@@H](O)[C@H](NC(=O)[C@H](CCN)NC(=O)[C@H](CS)NC(=O)[C@H](CCCCN)NC(=O)[C@@H](CCN)NC(=O)[C@@H](NC(=O)[C@H](CCN)NC(=O)[C@H](CCCNC(=N)N)NC(=O)[C@H](CC(N)=O)NC(=O)[C@@H](NC(=O)[C@H](Cc1ccc(O)cc1)NC(=O)[C@@H](N)CCCNC(=N)N)C(C)(C)S)[C@@H](C)O)C(=O)N[C@@H](Cc1ccc(O)cc1)C(=O)O. The van der Waals surface area contributed by atoms with E-state index in [4.69, 9.17) is 56.7 Å². The van der Waals surface area contributed by atoms with Gasteiger partial charge in [-0.05, 0) is 153 Å². The van der Waals surface area contributed by atoms with Gasteiger partial charge in [-0.15, -0.1) is 0 Å². The number of rotatable bonds is 53. The Morgan fingerprint density at radius 3 is 1.12 bits per heavy atom. The lowest BCUT2D eigenvalue weighted by Gasteiger charge is -2.32. The van der Waals surface area contributed by atoms with Crippen molar-refractivity contribution in [3.05, 3.63) is 59.7 Å². The number of nitrogens with two attached hydrogens (primary N) is 8.